The van der Waals surface area contributed by atoms with E-state index in [1.54, 1.807) is 7.11 Å². The van der Waals surface area contributed by atoms with Crippen LogP contribution in [-0.2, 0) is 21.7 Å². The molecule has 28 heavy (non-hydrogen) atoms. The van der Waals surface area contributed by atoms with E-state index in [0.717, 1.165) is 63.9 Å². The van der Waals surface area contributed by atoms with Crippen LogP contribution in [0, 0.1) is 11.8 Å². The van der Waals surface area contributed by atoms with E-state index in [0.29, 0.717) is 25.1 Å². The Balaban J connectivity index is 1.34. The van der Waals surface area contributed by atoms with Crippen LogP contribution in [0.15, 0.2) is 6.20 Å². The van der Waals surface area contributed by atoms with Crippen molar-refractivity contribution < 1.29 is 19.5 Å². The van der Waals surface area contributed by atoms with Crippen LogP contribution in [-0.4, -0.2) is 65.4 Å². The summed E-state index contributed by atoms with van der Waals surface area (Å²) in [5.74, 6) is 0.752. The molecule has 1 aromatic heterocycles. The Labute approximate surface area is 166 Å². The van der Waals surface area contributed by atoms with Gasteiger partial charge in [-0.2, -0.15) is 0 Å². The van der Waals surface area contributed by atoms with Gasteiger partial charge < -0.3 is 20.1 Å². The Morgan fingerprint density at radius 3 is 2.96 bits per heavy atom. The number of ether oxygens (including phenoxy) is 1. The maximum absolute atomic E-state index is 12.5. The Hall–Kier alpha value is -1.51. The largest absolute Gasteiger partial charge is 0.383 e. The van der Waals surface area contributed by atoms with E-state index in [1.807, 2.05) is 10.9 Å². The zero-order chi connectivity index (χ0) is 19.6. The Morgan fingerprint density at radius 1 is 1.43 bits per heavy atom. The number of aliphatic hydroxyl groups is 1. The normalized spacial score (nSPS) is 31.6. The van der Waals surface area contributed by atoms with E-state index in [2.05, 4.69) is 15.6 Å². The lowest BCUT2D eigenvalue weighted by atomic mass is 9.75. The van der Waals surface area contributed by atoms with Crippen LogP contribution in [0.25, 0.3) is 0 Å². The van der Waals surface area contributed by atoms with Crippen LogP contribution in [0.3, 0.4) is 0 Å². The Bertz CT molecular complexity index is 673. The Morgan fingerprint density at radius 2 is 2.25 bits per heavy atom. The molecule has 4 atom stereocenters. The van der Waals surface area contributed by atoms with Crippen molar-refractivity contribution in [2.45, 2.75) is 63.1 Å². The molecular formula is C20H34N5O3+. The number of methoxy groups -OCH3 is 1. The highest BCUT2D eigenvalue weighted by molar-refractivity contribution is 5.79. The standard InChI is InChI=1S/C20H33N5O3/c1-28-10-8-21-19(26)17-13-24-9-5-15(17)11-16(24)12-25-14-18(22-23-25)20(27)6-3-2-4-7-20/h14-17,27H,2-13H2,1H3,(H,21,26)/p+1/t15-,16-,17+/m1/s1. The lowest BCUT2D eigenvalue weighted by molar-refractivity contribution is -0.945. The van der Waals surface area contributed by atoms with Gasteiger partial charge in [0.25, 0.3) is 0 Å². The van der Waals surface area contributed by atoms with E-state index in [-0.39, 0.29) is 11.8 Å². The number of carbonyl (C=O) groups is 1. The fraction of sp³-hybridized carbons (Fsp3) is 0.850. The number of fused-ring (bicyclic) bond motifs is 3. The number of nitrogens with zero attached hydrogens (tertiary/aromatic N) is 3. The molecule has 1 amide bonds. The first kappa shape index (κ1) is 19.8. The number of amides is 1. The minimum atomic E-state index is -0.791. The second kappa shape index (κ2) is 8.47. The highest BCUT2D eigenvalue weighted by atomic mass is 16.5. The number of nitrogens with one attached hydrogen (secondary N) is 2. The predicted octanol–water partition coefficient (Wildman–Crippen LogP) is -0.514. The number of quaternary nitrogens is 1. The zero-order valence-corrected chi connectivity index (χ0v) is 16.9. The fourth-order valence-electron chi connectivity index (χ4n) is 5.45. The van der Waals surface area contributed by atoms with E-state index in [4.69, 9.17) is 4.74 Å². The van der Waals surface area contributed by atoms with Crippen molar-refractivity contribution in [1.82, 2.24) is 20.3 Å². The molecule has 0 aromatic carbocycles. The third-order valence-electron chi connectivity index (χ3n) is 7.10. The van der Waals surface area contributed by atoms with Gasteiger partial charge in [0.15, 0.2) is 0 Å². The van der Waals surface area contributed by atoms with Gasteiger partial charge in [-0.3, -0.25) is 4.79 Å². The van der Waals surface area contributed by atoms with Crippen LogP contribution in [0.1, 0.15) is 50.6 Å². The average molecular weight is 393 g/mol. The molecule has 8 heteroatoms. The molecule has 1 saturated carbocycles. The maximum atomic E-state index is 12.5. The van der Waals surface area contributed by atoms with Gasteiger partial charge in [-0.15, -0.1) is 5.10 Å². The predicted molar refractivity (Wildman–Crippen MR) is 103 cm³/mol. The summed E-state index contributed by atoms with van der Waals surface area (Å²) >= 11 is 0. The van der Waals surface area contributed by atoms with Crippen molar-refractivity contribution >= 4 is 5.91 Å². The third kappa shape index (κ3) is 4.09. The molecule has 3 aliphatic heterocycles. The summed E-state index contributed by atoms with van der Waals surface area (Å²) in [7, 11) is 1.65. The molecule has 1 aliphatic carbocycles. The van der Waals surface area contributed by atoms with Gasteiger partial charge >= 0.3 is 0 Å². The number of piperidine rings is 3. The molecule has 3 N–H and O–H groups in total. The summed E-state index contributed by atoms with van der Waals surface area (Å²) in [6, 6.07) is 0.470. The van der Waals surface area contributed by atoms with Crippen LogP contribution in [0.4, 0.5) is 0 Å². The zero-order valence-electron chi connectivity index (χ0n) is 16.9. The van der Waals surface area contributed by atoms with Gasteiger partial charge in [0.1, 0.15) is 17.3 Å². The van der Waals surface area contributed by atoms with Gasteiger partial charge in [0.2, 0.25) is 5.91 Å². The molecule has 156 valence electrons. The summed E-state index contributed by atoms with van der Waals surface area (Å²) in [6.45, 7) is 3.99. The Kier molecular flexibility index (Phi) is 5.99. The van der Waals surface area contributed by atoms with Crippen molar-refractivity contribution in [2.75, 3.05) is 33.4 Å². The SMILES string of the molecule is COCCNC(=O)[C@H]1C[NH+]2CC[C@@H]1C[C@@H]2Cn1cc(C2(O)CCCCC2)nn1. The lowest BCUT2D eigenvalue weighted by Gasteiger charge is -2.46. The van der Waals surface area contributed by atoms with Gasteiger partial charge in [0, 0.05) is 26.5 Å². The van der Waals surface area contributed by atoms with Gasteiger partial charge in [-0.1, -0.05) is 24.5 Å². The molecule has 0 radical (unpaired) electrons. The van der Waals surface area contributed by atoms with Gasteiger partial charge in [-0.25, -0.2) is 4.68 Å². The summed E-state index contributed by atoms with van der Waals surface area (Å²) in [5.41, 5.74) is -0.0609. The first-order chi connectivity index (χ1) is 13.6. The smallest absolute Gasteiger partial charge is 0.229 e. The van der Waals surface area contributed by atoms with Gasteiger partial charge in [-0.05, 0) is 18.8 Å². The molecule has 5 rings (SSSR count). The number of carbonyl (C=O) groups excluding carboxylic acids is 1. The summed E-state index contributed by atoms with van der Waals surface area (Å²) in [6.07, 6.45) is 9.00. The third-order valence-corrected chi connectivity index (χ3v) is 7.10. The number of hydrogen-bond donors (Lipinski definition) is 3. The van der Waals surface area contributed by atoms with Gasteiger partial charge in [0.05, 0.1) is 38.4 Å². The van der Waals surface area contributed by atoms with Crippen molar-refractivity contribution in [3.8, 4) is 0 Å². The minimum absolute atomic E-state index is 0.117. The molecule has 1 aromatic rings. The molecule has 2 bridgehead atoms. The van der Waals surface area contributed by atoms with Crippen LogP contribution >= 0.6 is 0 Å². The van der Waals surface area contributed by atoms with E-state index >= 15 is 0 Å². The van der Waals surface area contributed by atoms with Crippen molar-refractivity contribution in [2.24, 2.45) is 11.8 Å². The molecule has 4 aliphatic rings. The van der Waals surface area contributed by atoms with E-state index < -0.39 is 5.60 Å². The molecule has 0 spiro atoms. The maximum Gasteiger partial charge on any atom is 0.229 e. The first-order valence-electron chi connectivity index (χ1n) is 10.8. The topological polar surface area (TPSA) is 93.7 Å². The van der Waals surface area contributed by atoms with E-state index in [1.165, 1.54) is 11.3 Å². The summed E-state index contributed by atoms with van der Waals surface area (Å²) < 4.78 is 6.94. The fourth-order valence-corrected chi connectivity index (χ4v) is 5.45. The van der Waals surface area contributed by atoms with Crippen molar-refractivity contribution in [3.63, 3.8) is 0 Å². The van der Waals surface area contributed by atoms with Crippen LogP contribution < -0.4 is 10.2 Å². The number of hydrogen-bond acceptors (Lipinski definition) is 5. The van der Waals surface area contributed by atoms with Crippen LogP contribution in [0.5, 0.6) is 0 Å². The van der Waals surface area contributed by atoms with Crippen LogP contribution in [0.2, 0.25) is 0 Å². The molecule has 4 fully saturated rings. The second-order valence-electron chi connectivity index (χ2n) is 8.90. The monoisotopic (exact) mass is 392 g/mol. The highest BCUT2D eigenvalue weighted by Gasteiger charge is 2.46. The first-order valence-corrected chi connectivity index (χ1v) is 10.8. The summed E-state index contributed by atoms with van der Waals surface area (Å²) in [5, 5.41) is 22.5. The summed E-state index contributed by atoms with van der Waals surface area (Å²) in [4.78, 5) is 14.0. The molecule has 4 heterocycles. The molecule has 1 unspecified atom stereocenters. The molecule has 3 saturated heterocycles. The van der Waals surface area contributed by atoms with Crippen molar-refractivity contribution in [1.29, 1.82) is 0 Å². The second-order valence-corrected chi connectivity index (χ2v) is 8.90. The van der Waals surface area contributed by atoms with Crippen molar-refractivity contribution in [3.05, 3.63) is 11.9 Å². The number of rotatable bonds is 7. The lowest BCUT2D eigenvalue weighted by Crippen LogP contribution is -3.20. The number of aromatic nitrogens is 3. The highest BCUT2D eigenvalue weighted by Crippen LogP contribution is 2.35. The average Bonchev–Trinajstić information content (AvgIpc) is 3.19. The minimum Gasteiger partial charge on any atom is -0.383 e. The molecular weight excluding hydrogens is 358 g/mol. The molecule has 8 nitrogen and oxygen atoms in total. The quantitative estimate of drug-likeness (QED) is 0.543. The van der Waals surface area contributed by atoms with E-state index in [9.17, 15) is 9.90 Å².